The molecule has 0 saturated carbocycles. The maximum absolute atomic E-state index is 5.34. The molecule has 1 aliphatic carbocycles. The summed E-state index contributed by atoms with van der Waals surface area (Å²) in [6.07, 6.45) is 17.5. The summed E-state index contributed by atoms with van der Waals surface area (Å²) in [5.41, 5.74) is 2.31. The zero-order chi connectivity index (χ0) is 17.4. The number of hydrogen-bond acceptors (Lipinski definition) is 3. The predicted molar refractivity (Wildman–Crippen MR) is 103 cm³/mol. The molecule has 0 saturated heterocycles. The average molecular weight is 329 g/mol. The van der Waals surface area contributed by atoms with E-state index >= 15 is 0 Å². The van der Waals surface area contributed by atoms with Gasteiger partial charge in [0.1, 0.15) is 0 Å². The minimum Gasteiger partial charge on any atom is -0.501 e. The Bertz CT molecular complexity index is 542. The molecule has 3 atom stereocenters. The fraction of sp³-hybridized carbons (Fsp3) is 0.524. The van der Waals surface area contributed by atoms with E-state index in [1.165, 1.54) is 24.8 Å². The first-order valence-corrected chi connectivity index (χ1v) is 9.06. The summed E-state index contributed by atoms with van der Waals surface area (Å²) in [5.74, 6) is 1.54. The first-order chi connectivity index (χ1) is 11.6. The van der Waals surface area contributed by atoms with Gasteiger partial charge in [0.05, 0.1) is 18.9 Å². The largest absolute Gasteiger partial charge is 0.501 e. The van der Waals surface area contributed by atoms with Gasteiger partial charge in [-0.15, -0.1) is 0 Å². The van der Waals surface area contributed by atoms with E-state index in [4.69, 9.17) is 4.74 Å². The van der Waals surface area contributed by atoms with Crippen LogP contribution in [0.2, 0.25) is 0 Å². The molecule has 3 unspecified atom stereocenters. The number of hydrogen-bond donors (Lipinski definition) is 2. The Labute approximate surface area is 147 Å². The standard InChI is InChI=1S/C21H32N2O/c1-5-6-7-8-12-21-16(2)13-18(15-22-21)17(3)23-19-10-9-11-20(14-19)24-4/h5-6,9-11,13,16,19,21-23H,3,7-8,12,14-15H2,1-2,4H3/b6-5+. The van der Waals surface area contributed by atoms with Crippen LogP contribution in [0.4, 0.5) is 0 Å². The molecule has 2 N–H and O–H groups in total. The minimum atomic E-state index is 0.257. The molecule has 132 valence electrons. The van der Waals surface area contributed by atoms with E-state index in [2.05, 4.69) is 55.4 Å². The Morgan fingerprint density at radius 3 is 3.04 bits per heavy atom. The lowest BCUT2D eigenvalue weighted by atomic mass is 9.90. The number of ether oxygens (including phenoxy) is 1. The van der Waals surface area contributed by atoms with Crippen LogP contribution in [-0.4, -0.2) is 25.7 Å². The van der Waals surface area contributed by atoms with E-state index in [9.17, 15) is 0 Å². The van der Waals surface area contributed by atoms with E-state index in [0.29, 0.717) is 12.0 Å². The fourth-order valence-electron chi connectivity index (χ4n) is 3.33. The lowest BCUT2D eigenvalue weighted by Gasteiger charge is -2.31. The molecule has 1 aliphatic heterocycles. The van der Waals surface area contributed by atoms with Crippen LogP contribution < -0.4 is 10.6 Å². The molecule has 2 aliphatic rings. The second kappa shape index (κ2) is 9.53. The van der Waals surface area contributed by atoms with Gasteiger partial charge >= 0.3 is 0 Å². The monoisotopic (exact) mass is 328 g/mol. The van der Waals surface area contributed by atoms with E-state index < -0.39 is 0 Å². The van der Waals surface area contributed by atoms with Crippen molar-refractivity contribution in [3.8, 4) is 0 Å². The second-order valence-corrected chi connectivity index (χ2v) is 6.69. The highest BCUT2D eigenvalue weighted by Crippen LogP contribution is 2.22. The fourth-order valence-corrected chi connectivity index (χ4v) is 3.33. The number of nitrogens with one attached hydrogen (secondary N) is 2. The maximum Gasteiger partial charge on any atom is 0.0979 e. The number of rotatable bonds is 8. The van der Waals surface area contributed by atoms with Crippen LogP contribution in [0.1, 0.15) is 39.5 Å². The van der Waals surface area contributed by atoms with Crippen molar-refractivity contribution in [1.82, 2.24) is 10.6 Å². The first-order valence-electron chi connectivity index (χ1n) is 9.06. The zero-order valence-electron chi connectivity index (χ0n) is 15.3. The summed E-state index contributed by atoms with van der Waals surface area (Å²) < 4.78 is 5.34. The zero-order valence-corrected chi connectivity index (χ0v) is 15.3. The van der Waals surface area contributed by atoms with Crippen molar-refractivity contribution in [2.75, 3.05) is 13.7 Å². The van der Waals surface area contributed by atoms with Crippen LogP contribution in [-0.2, 0) is 4.74 Å². The highest BCUT2D eigenvalue weighted by atomic mass is 16.5. The van der Waals surface area contributed by atoms with Gasteiger partial charge in [0.2, 0.25) is 0 Å². The Hall–Kier alpha value is -1.74. The number of methoxy groups -OCH3 is 1. The molecule has 0 amide bonds. The number of unbranched alkanes of at least 4 members (excludes halogenated alkanes) is 1. The van der Waals surface area contributed by atoms with Crippen LogP contribution in [0.5, 0.6) is 0 Å². The molecule has 0 aromatic rings. The molecule has 0 fully saturated rings. The molecule has 2 rings (SSSR count). The van der Waals surface area contributed by atoms with Crippen LogP contribution in [0, 0.1) is 5.92 Å². The van der Waals surface area contributed by atoms with Gasteiger partial charge in [0.25, 0.3) is 0 Å². The third-order valence-electron chi connectivity index (χ3n) is 4.83. The van der Waals surface area contributed by atoms with Crippen molar-refractivity contribution >= 4 is 0 Å². The van der Waals surface area contributed by atoms with Crippen molar-refractivity contribution < 1.29 is 4.74 Å². The molecule has 0 radical (unpaired) electrons. The van der Waals surface area contributed by atoms with Gasteiger partial charge in [-0.3, -0.25) is 0 Å². The van der Waals surface area contributed by atoms with Crippen LogP contribution >= 0.6 is 0 Å². The highest BCUT2D eigenvalue weighted by molar-refractivity contribution is 5.33. The summed E-state index contributed by atoms with van der Waals surface area (Å²) in [7, 11) is 1.72. The van der Waals surface area contributed by atoms with Crippen LogP contribution in [0.3, 0.4) is 0 Å². The molecule has 0 bridgehead atoms. The van der Waals surface area contributed by atoms with Gasteiger partial charge in [-0.2, -0.15) is 0 Å². The van der Waals surface area contributed by atoms with E-state index in [-0.39, 0.29) is 6.04 Å². The molecule has 24 heavy (non-hydrogen) atoms. The molecular weight excluding hydrogens is 296 g/mol. The topological polar surface area (TPSA) is 33.3 Å². The van der Waals surface area contributed by atoms with Crippen molar-refractivity contribution in [3.63, 3.8) is 0 Å². The quantitative estimate of drug-likeness (QED) is 0.517. The molecule has 3 heteroatoms. The summed E-state index contributed by atoms with van der Waals surface area (Å²) in [5, 5.41) is 7.22. The summed E-state index contributed by atoms with van der Waals surface area (Å²) >= 11 is 0. The van der Waals surface area contributed by atoms with Crippen molar-refractivity contribution in [3.05, 3.63) is 60.1 Å². The Balaban J connectivity index is 1.83. The normalized spacial score (nSPS) is 26.9. The second-order valence-electron chi connectivity index (χ2n) is 6.69. The Morgan fingerprint density at radius 2 is 2.33 bits per heavy atom. The minimum absolute atomic E-state index is 0.257. The van der Waals surface area contributed by atoms with Gasteiger partial charge in [-0.25, -0.2) is 0 Å². The Morgan fingerprint density at radius 1 is 1.50 bits per heavy atom. The van der Waals surface area contributed by atoms with E-state index in [1.807, 2.05) is 12.2 Å². The SMILES string of the molecule is C=C(NC1C=CC=C(OC)C1)C1=CC(C)C(CCC/C=C/C)NC1. The van der Waals surface area contributed by atoms with Gasteiger partial charge < -0.3 is 15.4 Å². The van der Waals surface area contributed by atoms with Crippen molar-refractivity contribution in [1.29, 1.82) is 0 Å². The van der Waals surface area contributed by atoms with Crippen LogP contribution in [0.25, 0.3) is 0 Å². The molecular formula is C21H32N2O. The number of allylic oxidation sites excluding steroid dienone is 4. The molecule has 0 spiro atoms. The van der Waals surface area contributed by atoms with Crippen LogP contribution in [0.15, 0.2) is 60.1 Å². The summed E-state index contributed by atoms with van der Waals surface area (Å²) in [6, 6.07) is 0.830. The van der Waals surface area contributed by atoms with Gasteiger partial charge in [-0.1, -0.05) is 43.9 Å². The summed E-state index contributed by atoms with van der Waals surface area (Å²) in [4.78, 5) is 0. The first kappa shape index (κ1) is 18.6. The van der Waals surface area contributed by atoms with Gasteiger partial charge in [-0.05, 0) is 43.8 Å². The molecule has 0 aromatic carbocycles. The third kappa shape index (κ3) is 5.41. The van der Waals surface area contributed by atoms with Gasteiger partial charge in [0.15, 0.2) is 0 Å². The van der Waals surface area contributed by atoms with E-state index in [1.54, 1.807) is 7.11 Å². The van der Waals surface area contributed by atoms with Gasteiger partial charge in [0, 0.05) is 24.7 Å². The average Bonchev–Trinajstić information content (AvgIpc) is 2.60. The van der Waals surface area contributed by atoms with Crippen molar-refractivity contribution in [2.24, 2.45) is 5.92 Å². The lowest BCUT2D eigenvalue weighted by Crippen LogP contribution is -2.41. The molecule has 0 aromatic heterocycles. The predicted octanol–water partition coefficient (Wildman–Crippen LogP) is 4.23. The highest BCUT2D eigenvalue weighted by Gasteiger charge is 2.22. The van der Waals surface area contributed by atoms with Crippen molar-refractivity contribution in [2.45, 2.75) is 51.6 Å². The Kier molecular flexibility index (Phi) is 7.38. The molecule has 1 heterocycles. The smallest absolute Gasteiger partial charge is 0.0979 e. The maximum atomic E-state index is 5.34. The molecule has 3 nitrogen and oxygen atoms in total. The third-order valence-corrected chi connectivity index (χ3v) is 4.83. The lowest BCUT2D eigenvalue weighted by molar-refractivity contribution is 0.269. The summed E-state index contributed by atoms with van der Waals surface area (Å²) in [6.45, 7) is 9.53. The van der Waals surface area contributed by atoms with E-state index in [0.717, 1.165) is 24.4 Å².